The Morgan fingerprint density at radius 2 is 1.70 bits per heavy atom. The molecule has 6 nitrogen and oxygen atoms in total. The smallest absolute Gasteiger partial charge is 0.231 e. The van der Waals surface area contributed by atoms with Gasteiger partial charge in [0.2, 0.25) is 11.7 Å². The predicted octanol–water partition coefficient (Wildman–Crippen LogP) is 1.52. The Bertz CT molecular complexity index is 618. The highest BCUT2D eigenvalue weighted by molar-refractivity contribution is 5.79. The number of ether oxygens (including phenoxy) is 3. The van der Waals surface area contributed by atoms with Gasteiger partial charge in [-0.1, -0.05) is 0 Å². The number of amides is 1. The van der Waals surface area contributed by atoms with Gasteiger partial charge in [0.25, 0.3) is 0 Å². The van der Waals surface area contributed by atoms with Crippen LogP contribution in [0, 0.1) is 5.92 Å². The monoisotopic (exact) mass is 377 g/mol. The highest BCUT2D eigenvalue weighted by Crippen LogP contribution is 2.38. The largest absolute Gasteiger partial charge is 0.493 e. The number of piperidine rings is 2. The minimum Gasteiger partial charge on any atom is -0.493 e. The summed E-state index contributed by atoms with van der Waals surface area (Å²) in [6.45, 7) is 4.75. The Morgan fingerprint density at radius 3 is 2.30 bits per heavy atom. The van der Waals surface area contributed by atoms with Gasteiger partial charge in [-0.2, -0.15) is 0 Å². The second kappa shape index (κ2) is 9.31. The Hall–Kier alpha value is -1.95. The molecule has 3 rings (SSSR count). The lowest BCUT2D eigenvalue weighted by atomic mass is 9.95. The zero-order valence-corrected chi connectivity index (χ0v) is 16.9. The van der Waals surface area contributed by atoms with Crippen LogP contribution in [-0.4, -0.2) is 58.3 Å². The van der Waals surface area contributed by atoms with Gasteiger partial charge in [0.1, 0.15) is 6.54 Å². The Morgan fingerprint density at radius 1 is 1.04 bits per heavy atom. The van der Waals surface area contributed by atoms with E-state index in [0.29, 0.717) is 23.2 Å². The topological polar surface area (TPSA) is 52.4 Å². The highest BCUT2D eigenvalue weighted by Gasteiger charge is 2.32. The molecule has 0 bridgehead atoms. The Labute approximate surface area is 162 Å². The lowest BCUT2D eigenvalue weighted by Gasteiger charge is -2.34. The molecule has 2 heterocycles. The third-order valence-corrected chi connectivity index (χ3v) is 5.81. The van der Waals surface area contributed by atoms with Crippen molar-refractivity contribution in [1.82, 2.24) is 4.90 Å². The van der Waals surface area contributed by atoms with Crippen LogP contribution in [0.15, 0.2) is 12.1 Å². The van der Waals surface area contributed by atoms with Crippen LogP contribution in [0.5, 0.6) is 17.2 Å². The predicted molar refractivity (Wildman–Crippen MR) is 104 cm³/mol. The highest BCUT2D eigenvalue weighted by atomic mass is 16.5. The van der Waals surface area contributed by atoms with Crippen molar-refractivity contribution in [2.45, 2.75) is 38.6 Å². The number of likely N-dealkylation sites (tertiary alicyclic amines) is 2. The van der Waals surface area contributed by atoms with E-state index >= 15 is 0 Å². The summed E-state index contributed by atoms with van der Waals surface area (Å²) in [5, 5.41) is 0. The summed E-state index contributed by atoms with van der Waals surface area (Å²) in [5.41, 5.74) is 1.14. The third kappa shape index (κ3) is 4.67. The maximum absolute atomic E-state index is 12.9. The summed E-state index contributed by atoms with van der Waals surface area (Å²) < 4.78 is 16.4. The average Bonchev–Trinajstić information content (AvgIpc) is 2.73. The number of carbonyl (C=O) groups excluding carboxylic acids is 1. The number of hydrogen-bond donors (Lipinski definition) is 1. The maximum Gasteiger partial charge on any atom is 0.231 e. The summed E-state index contributed by atoms with van der Waals surface area (Å²) in [6, 6.07) is 4.04. The summed E-state index contributed by atoms with van der Waals surface area (Å²) in [7, 11) is 4.90. The van der Waals surface area contributed by atoms with Crippen molar-refractivity contribution in [1.29, 1.82) is 0 Å². The summed E-state index contributed by atoms with van der Waals surface area (Å²) in [5.74, 6) is 2.52. The number of hydrogen-bond acceptors (Lipinski definition) is 4. The van der Waals surface area contributed by atoms with Crippen molar-refractivity contribution in [3.8, 4) is 17.2 Å². The quantitative estimate of drug-likeness (QED) is 0.817. The van der Waals surface area contributed by atoms with E-state index in [2.05, 4.69) is 4.90 Å². The van der Waals surface area contributed by atoms with Crippen LogP contribution in [0.1, 0.15) is 37.7 Å². The van der Waals surface area contributed by atoms with Gasteiger partial charge in [0, 0.05) is 18.7 Å². The first kappa shape index (κ1) is 19.8. The molecule has 1 amide bonds. The molecule has 0 radical (unpaired) electrons. The molecule has 0 aromatic heterocycles. The molecule has 1 N–H and O–H groups in total. The summed E-state index contributed by atoms with van der Waals surface area (Å²) in [4.78, 5) is 16.4. The number of carbonyl (C=O) groups is 1. The van der Waals surface area contributed by atoms with Crippen LogP contribution in [-0.2, 0) is 11.3 Å². The molecule has 1 aromatic carbocycles. The molecule has 2 aliphatic rings. The molecule has 150 valence electrons. The van der Waals surface area contributed by atoms with E-state index in [1.807, 2.05) is 12.1 Å². The third-order valence-electron chi connectivity index (χ3n) is 5.81. The molecular formula is C21H33N2O4+. The van der Waals surface area contributed by atoms with Crippen LogP contribution >= 0.6 is 0 Å². The van der Waals surface area contributed by atoms with E-state index in [4.69, 9.17) is 14.2 Å². The van der Waals surface area contributed by atoms with Gasteiger partial charge < -0.3 is 24.0 Å². The second-order valence-electron chi connectivity index (χ2n) is 7.64. The van der Waals surface area contributed by atoms with Crippen LogP contribution in [0.25, 0.3) is 0 Å². The lowest BCUT2D eigenvalue weighted by molar-refractivity contribution is -0.921. The zero-order valence-electron chi connectivity index (χ0n) is 16.9. The molecule has 0 saturated carbocycles. The molecular weight excluding hydrogens is 344 g/mol. The van der Waals surface area contributed by atoms with Crippen molar-refractivity contribution in [2.75, 3.05) is 47.5 Å². The standard InChI is InChI=1S/C21H32N2O4/c1-25-18-12-16(13-19(26-2)20(18)27-3)14-22-9-7-8-17(15-22)21(24)23-10-5-4-6-11-23/h12-13,17H,4-11,14-15H2,1-3H3/p+1/t17-/m1/s1. The van der Waals surface area contributed by atoms with E-state index < -0.39 is 0 Å². The minimum atomic E-state index is 0.161. The summed E-state index contributed by atoms with van der Waals surface area (Å²) >= 11 is 0. The fraction of sp³-hybridized carbons (Fsp3) is 0.667. The first-order chi connectivity index (χ1) is 13.2. The van der Waals surface area contributed by atoms with Crippen molar-refractivity contribution >= 4 is 5.91 Å². The van der Waals surface area contributed by atoms with E-state index in [9.17, 15) is 4.79 Å². The molecule has 2 atom stereocenters. The van der Waals surface area contributed by atoms with Gasteiger partial charge in [-0.15, -0.1) is 0 Å². The van der Waals surface area contributed by atoms with Crippen LogP contribution < -0.4 is 19.1 Å². The first-order valence-corrected chi connectivity index (χ1v) is 10.1. The van der Waals surface area contributed by atoms with Crippen LogP contribution in [0.3, 0.4) is 0 Å². The van der Waals surface area contributed by atoms with Crippen molar-refractivity contribution in [3.05, 3.63) is 17.7 Å². The fourth-order valence-corrected chi connectivity index (χ4v) is 4.42. The number of nitrogens with zero attached hydrogens (tertiary/aromatic N) is 1. The van der Waals surface area contributed by atoms with Gasteiger partial charge in [-0.05, 0) is 44.2 Å². The molecule has 1 aromatic rings. The molecule has 6 heteroatoms. The molecule has 0 aliphatic carbocycles. The number of benzene rings is 1. The lowest BCUT2D eigenvalue weighted by Crippen LogP contribution is -3.12. The van der Waals surface area contributed by atoms with Gasteiger partial charge in [-0.25, -0.2) is 0 Å². The summed E-state index contributed by atoms with van der Waals surface area (Å²) in [6.07, 6.45) is 5.69. The Kier molecular flexibility index (Phi) is 6.83. The fourth-order valence-electron chi connectivity index (χ4n) is 4.42. The van der Waals surface area contributed by atoms with Crippen molar-refractivity contribution in [3.63, 3.8) is 0 Å². The van der Waals surface area contributed by atoms with Gasteiger partial charge in [0.05, 0.1) is 40.3 Å². The normalized spacial score (nSPS) is 23.0. The SMILES string of the molecule is COc1cc(C[NH+]2CCC[C@@H](C(=O)N3CCCCC3)C2)cc(OC)c1OC. The van der Waals surface area contributed by atoms with E-state index in [-0.39, 0.29) is 5.92 Å². The first-order valence-electron chi connectivity index (χ1n) is 10.1. The van der Waals surface area contributed by atoms with Gasteiger partial charge >= 0.3 is 0 Å². The number of quaternary nitrogens is 1. The molecule has 2 aliphatic heterocycles. The molecule has 27 heavy (non-hydrogen) atoms. The maximum atomic E-state index is 12.9. The minimum absolute atomic E-state index is 0.161. The van der Waals surface area contributed by atoms with Crippen molar-refractivity contribution < 1.29 is 23.9 Å². The van der Waals surface area contributed by atoms with Gasteiger partial charge in [0.15, 0.2) is 11.5 Å². The van der Waals surface area contributed by atoms with Crippen LogP contribution in [0.2, 0.25) is 0 Å². The van der Waals surface area contributed by atoms with Crippen LogP contribution in [0.4, 0.5) is 0 Å². The molecule has 0 spiro atoms. The number of nitrogens with one attached hydrogen (secondary N) is 1. The van der Waals surface area contributed by atoms with E-state index in [1.165, 1.54) is 11.3 Å². The number of rotatable bonds is 6. The Balaban J connectivity index is 1.67. The van der Waals surface area contributed by atoms with Gasteiger partial charge in [-0.3, -0.25) is 4.79 Å². The zero-order chi connectivity index (χ0) is 19.2. The van der Waals surface area contributed by atoms with E-state index in [1.54, 1.807) is 21.3 Å². The molecule has 1 unspecified atom stereocenters. The second-order valence-corrected chi connectivity index (χ2v) is 7.64. The molecule has 2 fully saturated rings. The van der Waals surface area contributed by atoms with Crippen molar-refractivity contribution in [2.24, 2.45) is 5.92 Å². The number of methoxy groups -OCH3 is 3. The molecule has 2 saturated heterocycles. The average molecular weight is 378 g/mol. The van der Waals surface area contributed by atoms with E-state index in [0.717, 1.165) is 64.0 Å².